The molecule has 0 bridgehead atoms. The summed E-state index contributed by atoms with van der Waals surface area (Å²) in [5.41, 5.74) is 0. The lowest BCUT2D eigenvalue weighted by Gasteiger charge is -2.26. The monoisotopic (exact) mass is 200 g/mol. The third-order valence-corrected chi connectivity index (χ3v) is 2.49. The fraction of sp³-hybridized carbons (Fsp3) is 0.800. The highest BCUT2D eigenvalue weighted by Gasteiger charge is 2.29. The van der Waals surface area contributed by atoms with Crippen LogP contribution in [-0.2, 0) is 19.1 Å². The molecule has 1 saturated carbocycles. The molecular formula is C10H16O4. The molecule has 0 saturated heterocycles. The molecule has 80 valence electrons. The van der Waals surface area contributed by atoms with Crippen LogP contribution in [0.5, 0.6) is 0 Å². The SMILES string of the molecule is COC(=O)C1CCCC(OC(C)=O)C1. The maximum absolute atomic E-state index is 11.2. The molecule has 0 radical (unpaired) electrons. The van der Waals surface area contributed by atoms with E-state index in [0.717, 1.165) is 19.3 Å². The zero-order chi connectivity index (χ0) is 10.6. The van der Waals surface area contributed by atoms with Crippen molar-refractivity contribution >= 4 is 11.9 Å². The number of hydrogen-bond donors (Lipinski definition) is 0. The van der Waals surface area contributed by atoms with Crippen LogP contribution in [0.4, 0.5) is 0 Å². The van der Waals surface area contributed by atoms with Gasteiger partial charge in [-0.25, -0.2) is 0 Å². The first-order valence-corrected chi connectivity index (χ1v) is 4.88. The molecule has 1 aliphatic rings. The van der Waals surface area contributed by atoms with Crippen LogP contribution in [0.2, 0.25) is 0 Å². The van der Waals surface area contributed by atoms with Crippen LogP contribution in [0.3, 0.4) is 0 Å². The molecule has 0 aromatic heterocycles. The predicted molar refractivity (Wildman–Crippen MR) is 49.5 cm³/mol. The molecule has 2 atom stereocenters. The highest BCUT2D eigenvalue weighted by Crippen LogP contribution is 2.27. The molecule has 14 heavy (non-hydrogen) atoms. The van der Waals surface area contributed by atoms with E-state index in [4.69, 9.17) is 4.74 Å². The van der Waals surface area contributed by atoms with Crippen LogP contribution in [0.25, 0.3) is 0 Å². The molecule has 1 aliphatic carbocycles. The number of hydrogen-bond acceptors (Lipinski definition) is 4. The first-order valence-electron chi connectivity index (χ1n) is 4.88. The topological polar surface area (TPSA) is 52.6 Å². The standard InChI is InChI=1S/C10H16O4/c1-7(11)14-9-5-3-4-8(6-9)10(12)13-2/h8-9H,3-6H2,1-2H3. The zero-order valence-electron chi connectivity index (χ0n) is 8.62. The van der Waals surface area contributed by atoms with E-state index >= 15 is 0 Å². The molecule has 0 amide bonds. The maximum Gasteiger partial charge on any atom is 0.308 e. The molecule has 0 aromatic rings. The van der Waals surface area contributed by atoms with E-state index < -0.39 is 0 Å². The van der Waals surface area contributed by atoms with Gasteiger partial charge in [0.2, 0.25) is 0 Å². The average Bonchev–Trinajstić information content (AvgIpc) is 2.16. The number of methoxy groups -OCH3 is 1. The van der Waals surface area contributed by atoms with Gasteiger partial charge in [-0.15, -0.1) is 0 Å². The van der Waals surface area contributed by atoms with E-state index in [2.05, 4.69) is 4.74 Å². The third-order valence-electron chi connectivity index (χ3n) is 2.49. The van der Waals surface area contributed by atoms with Crippen molar-refractivity contribution in [1.82, 2.24) is 0 Å². The molecular weight excluding hydrogens is 184 g/mol. The van der Waals surface area contributed by atoms with E-state index in [0.29, 0.717) is 6.42 Å². The number of ether oxygens (including phenoxy) is 2. The van der Waals surface area contributed by atoms with E-state index in [1.54, 1.807) is 0 Å². The van der Waals surface area contributed by atoms with E-state index in [1.165, 1.54) is 14.0 Å². The van der Waals surface area contributed by atoms with Crippen LogP contribution >= 0.6 is 0 Å². The van der Waals surface area contributed by atoms with Crippen LogP contribution in [0, 0.1) is 5.92 Å². The van der Waals surface area contributed by atoms with E-state index in [9.17, 15) is 9.59 Å². The van der Waals surface area contributed by atoms with Gasteiger partial charge in [0.25, 0.3) is 0 Å². The summed E-state index contributed by atoms with van der Waals surface area (Å²) in [5.74, 6) is -0.569. The minimum absolute atomic E-state index is 0.0990. The molecule has 4 nitrogen and oxygen atoms in total. The number of esters is 2. The van der Waals surface area contributed by atoms with Gasteiger partial charge >= 0.3 is 11.9 Å². The summed E-state index contributed by atoms with van der Waals surface area (Å²) in [6, 6.07) is 0. The van der Waals surface area contributed by atoms with Gasteiger partial charge in [-0.2, -0.15) is 0 Å². The summed E-state index contributed by atoms with van der Waals surface area (Å²) in [6.07, 6.45) is 3.10. The van der Waals surface area contributed by atoms with Crippen molar-refractivity contribution in [1.29, 1.82) is 0 Å². The summed E-state index contributed by atoms with van der Waals surface area (Å²) in [4.78, 5) is 22.0. The number of carbonyl (C=O) groups is 2. The second kappa shape index (κ2) is 4.98. The fourth-order valence-corrected chi connectivity index (χ4v) is 1.87. The molecule has 0 spiro atoms. The predicted octanol–water partition coefficient (Wildman–Crippen LogP) is 1.28. The van der Waals surface area contributed by atoms with Gasteiger partial charge in [0.1, 0.15) is 6.10 Å². The van der Waals surface area contributed by atoms with Crippen molar-refractivity contribution in [2.75, 3.05) is 7.11 Å². The van der Waals surface area contributed by atoms with Crippen LogP contribution in [0.1, 0.15) is 32.6 Å². The van der Waals surface area contributed by atoms with Crippen molar-refractivity contribution in [2.45, 2.75) is 38.7 Å². The van der Waals surface area contributed by atoms with Gasteiger partial charge in [0, 0.05) is 6.92 Å². The Kier molecular flexibility index (Phi) is 3.92. The third kappa shape index (κ3) is 3.01. The minimum Gasteiger partial charge on any atom is -0.469 e. The highest BCUT2D eigenvalue weighted by atomic mass is 16.5. The summed E-state index contributed by atoms with van der Waals surface area (Å²) >= 11 is 0. The second-order valence-electron chi connectivity index (χ2n) is 3.62. The zero-order valence-corrected chi connectivity index (χ0v) is 8.62. The lowest BCUT2D eigenvalue weighted by atomic mass is 9.87. The molecule has 2 unspecified atom stereocenters. The quantitative estimate of drug-likeness (QED) is 0.630. The Balaban J connectivity index is 2.43. The molecule has 1 fully saturated rings. The van der Waals surface area contributed by atoms with E-state index in [-0.39, 0.29) is 24.0 Å². The second-order valence-corrected chi connectivity index (χ2v) is 3.62. The van der Waals surface area contributed by atoms with Crippen LogP contribution in [0.15, 0.2) is 0 Å². The van der Waals surface area contributed by atoms with Gasteiger partial charge in [-0.1, -0.05) is 0 Å². The van der Waals surface area contributed by atoms with Gasteiger partial charge in [0.05, 0.1) is 13.0 Å². The molecule has 0 N–H and O–H groups in total. The number of rotatable bonds is 2. The minimum atomic E-state index is -0.277. The average molecular weight is 200 g/mol. The van der Waals surface area contributed by atoms with Crippen molar-refractivity contribution in [3.8, 4) is 0 Å². The Morgan fingerprint density at radius 3 is 2.57 bits per heavy atom. The van der Waals surface area contributed by atoms with Crippen molar-refractivity contribution in [2.24, 2.45) is 5.92 Å². The fourth-order valence-electron chi connectivity index (χ4n) is 1.87. The van der Waals surface area contributed by atoms with Gasteiger partial charge in [-0.3, -0.25) is 9.59 Å². The molecule has 4 heteroatoms. The first-order chi connectivity index (χ1) is 6.63. The molecule has 0 aromatic carbocycles. The Labute approximate surface area is 83.6 Å². The summed E-state index contributed by atoms with van der Waals surface area (Å²) in [6.45, 7) is 1.39. The van der Waals surface area contributed by atoms with Crippen molar-refractivity contribution in [3.63, 3.8) is 0 Å². The van der Waals surface area contributed by atoms with Crippen LogP contribution < -0.4 is 0 Å². The van der Waals surface area contributed by atoms with Crippen LogP contribution in [-0.4, -0.2) is 25.2 Å². The highest BCUT2D eigenvalue weighted by molar-refractivity contribution is 5.72. The van der Waals surface area contributed by atoms with E-state index in [1.807, 2.05) is 0 Å². The summed E-state index contributed by atoms with van der Waals surface area (Å²) in [7, 11) is 1.39. The summed E-state index contributed by atoms with van der Waals surface area (Å²) < 4.78 is 9.73. The van der Waals surface area contributed by atoms with Gasteiger partial charge < -0.3 is 9.47 Å². The summed E-state index contributed by atoms with van der Waals surface area (Å²) in [5, 5.41) is 0. The Morgan fingerprint density at radius 2 is 2.00 bits per heavy atom. The largest absolute Gasteiger partial charge is 0.469 e. The Bertz CT molecular complexity index is 224. The smallest absolute Gasteiger partial charge is 0.308 e. The lowest BCUT2D eigenvalue weighted by molar-refractivity contribution is -0.155. The van der Waals surface area contributed by atoms with Gasteiger partial charge in [-0.05, 0) is 25.7 Å². The van der Waals surface area contributed by atoms with Crippen molar-refractivity contribution < 1.29 is 19.1 Å². The normalized spacial score (nSPS) is 26.7. The number of carbonyl (C=O) groups excluding carboxylic acids is 2. The Morgan fingerprint density at radius 1 is 1.29 bits per heavy atom. The Hall–Kier alpha value is -1.06. The maximum atomic E-state index is 11.2. The molecule has 0 heterocycles. The molecule has 0 aliphatic heterocycles. The van der Waals surface area contributed by atoms with Gasteiger partial charge in [0.15, 0.2) is 0 Å². The van der Waals surface area contributed by atoms with Crippen molar-refractivity contribution in [3.05, 3.63) is 0 Å². The lowest BCUT2D eigenvalue weighted by Crippen LogP contribution is -2.29. The molecule has 1 rings (SSSR count). The first kappa shape index (κ1) is 11.0.